The van der Waals surface area contributed by atoms with Crippen molar-refractivity contribution in [1.29, 1.82) is 0 Å². The lowest BCUT2D eigenvalue weighted by atomic mass is 10.0. The van der Waals surface area contributed by atoms with Gasteiger partial charge in [0.1, 0.15) is 0 Å². The van der Waals surface area contributed by atoms with Gasteiger partial charge in [-0.15, -0.1) is 0 Å². The van der Waals surface area contributed by atoms with Gasteiger partial charge in [-0.3, -0.25) is 0 Å². The highest BCUT2D eigenvalue weighted by Crippen LogP contribution is 2.15. The molecule has 0 aliphatic carbocycles. The molecule has 0 saturated carbocycles. The molecule has 0 heterocycles. The zero-order valence-electron chi connectivity index (χ0n) is 8.82. The lowest BCUT2D eigenvalue weighted by Crippen LogP contribution is -2.01. The van der Waals surface area contributed by atoms with Gasteiger partial charge < -0.3 is 5.73 Å². The van der Waals surface area contributed by atoms with Crippen LogP contribution in [0.5, 0.6) is 0 Å². The first-order valence-corrected chi connectivity index (χ1v) is 5.07. The van der Waals surface area contributed by atoms with E-state index in [4.69, 9.17) is 5.73 Å². The molecule has 0 radical (unpaired) electrons. The van der Waals surface area contributed by atoms with Crippen LogP contribution >= 0.6 is 0 Å². The summed E-state index contributed by atoms with van der Waals surface area (Å²) >= 11 is 0. The number of nitrogens with two attached hydrogens (primary N) is 1. The molecule has 0 atom stereocenters. The average Bonchev–Trinajstić information content (AvgIpc) is 2.03. The molecular formula is C11H23N. The van der Waals surface area contributed by atoms with Gasteiger partial charge in [-0.25, -0.2) is 0 Å². The van der Waals surface area contributed by atoms with E-state index in [1.54, 1.807) is 5.57 Å². The highest BCUT2D eigenvalue weighted by atomic mass is 14.5. The van der Waals surface area contributed by atoms with Crippen LogP contribution in [0.4, 0.5) is 0 Å². The minimum atomic E-state index is 0.798. The molecule has 0 saturated heterocycles. The number of rotatable bonds is 6. The fraction of sp³-hybridized carbons (Fsp3) is 0.818. The molecule has 0 bridgehead atoms. The Balaban J connectivity index is 3.73. The molecule has 0 aromatic rings. The number of allylic oxidation sites excluding steroid dienone is 1. The van der Waals surface area contributed by atoms with E-state index >= 15 is 0 Å². The average molecular weight is 169 g/mol. The second kappa shape index (κ2) is 7.35. The lowest BCUT2D eigenvalue weighted by Gasteiger charge is -2.07. The predicted octanol–water partition coefficient (Wildman–Crippen LogP) is 3.25. The Bertz CT molecular complexity index is 132. The van der Waals surface area contributed by atoms with Gasteiger partial charge in [0, 0.05) is 0 Å². The number of hydrogen-bond acceptors (Lipinski definition) is 1. The fourth-order valence-electron chi connectivity index (χ4n) is 1.39. The van der Waals surface area contributed by atoms with Gasteiger partial charge in [-0.2, -0.15) is 0 Å². The van der Waals surface area contributed by atoms with E-state index in [2.05, 4.69) is 20.8 Å². The van der Waals surface area contributed by atoms with E-state index in [9.17, 15) is 0 Å². The van der Waals surface area contributed by atoms with Crippen LogP contribution in [0.3, 0.4) is 0 Å². The molecule has 0 fully saturated rings. The highest BCUT2D eigenvalue weighted by Gasteiger charge is 1.98. The summed E-state index contributed by atoms with van der Waals surface area (Å²) in [5.74, 6) is 0. The van der Waals surface area contributed by atoms with Crippen LogP contribution in [0.15, 0.2) is 11.1 Å². The normalized spacial score (nSPS) is 10.0. The van der Waals surface area contributed by atoms with Crippen LogP contribution in [-0.4, -0.2) is 6.54 Å². The third-order valence-corrected chi connectivity index (χ3v) is 2.24. The third kappa shape index (κ3) is 5.36. The summed E-state index contributed by atoms with van der Waals surface area (Å²) in [4.78, 5) is 0. The van der Waals surface area contributed by atoms with Gasteiger partial charge in [0.05, 0.1) is 0 Å². The summed E-state index contributed by atoms with van der Waals surface area (Å²) < 4.78 is 0. The van der Waals surface area contributed by atoms with Crippen LogP contribution in [0.1, 0.15) is 52.9 Å². The van der Waals surface area contributed by atoms with E-state index in [0.29, 0.717) is 0 Å². The molecule has 1 nitrogen and oxygen atoms in total. The van der Waals surface area contributed by atoms with E-state index in [0.717, 1.165) is 13.0 Å². The van der Waals surface area contributed by atoms with Crippen molar-refractivity contribution < 1.29 is 0 Å². The van der Waals surface area contributed by atoms with Crippen LogP contribution in [0.25, 0.3) is 0 Å². The van der Waals surface area contributed by atoms with Gasteiger partial charge in [-0.1, -0.05) is 30.9 Å². The molecule has 12 heavy (non-hydrogen) atoms. The van der Waals surface area contributed by atoms with Crippen molar-refractivity contribution in [2.24, 2.45) is 5.73 Å². The molecule has 0 rings (SSSR count). The topological polar surface area (TPSA) is 26.0 Å². The lowest BCUT2D eigenvalue weighted by molar-refractivity contribution is 0.691. The summed E-state index contributed by atoms with van der Waals surface area (Å²) in [6, 6.07) is 0. The van der Waals surface area contributed by atoms with Crippen molar-refractivity contribution in [2.45, 2.75) is 52.9 Å². The zero-order chi connectivity index (χ0) is 9.40. The zero-order valence-corrected chi connectivity index (χ0v) is 8.82. The van der Waals surface area contributed by atoms with E-state index < -0.39 is 0 Å². The van der Waals surface area contributed by atoms with E-state index in [-0.39, 0.29) is 0 Å². The molecule has 0 aliphatic rings. The fourth-order valence-corrected chi connectivity index (χ4v) is 1.39. The first-order chi connectivity index (χ1) is 5.72. The van der Waals surface area contributed by atoms with Crippen molar-refractivity contribution >= 4 is 0 Å². The predicted molar refractivity (Wildman–Crippen MR) is 56.2 cm³/mol. The summed E-state index contributed by atoms with van der Waals surface area (Å²) in [6.45, 7) is 7.42. The second-order valence-corrected chi connectivity index (χ2v) is 3.60. The van der Waals surface area contributed by atoms with Crippen molar-refractivity contribution in [3.63, 3.8) is 0 Å². The Morgan fingerprint density at radius 3 is 2.17 bits per heavy atom. The molecule has 2 N–H and O–H groups in total. The Kier molecular flexibility index (Phi) is 7.17. The van der Waals surface area contributed by atoms with E-state index in [1.807, 2.05) is 0 Å². The molecule has 0 amide bonds. The smallest absolute Gasteiger partial charge is 0.00398 e. The SMILES string of the molecule is CCCCCC(CCN)=C(C)C. The standard InChI is InChI=1S/C11H23N/c1-4-5-6-7-11(8-9-12)10(2)3/h4-9,12H2,1-3H3. The minimum Gasteiger partial charge on any atom is -0.330 e. The number of unbranched alkanes of at least 4 members (excludes halogenated alkanes) is 2. The summed E-state index contributed by atoms with van der Waals surface area (Å²) in [5, 5.41) is 0. The van der Waals surface area contributed by atoms with Crippen molar-refractivity contribution in [3.8, 4) is 0 Å². The summed E-state index contributed by atoms with van der Waals surface area (Å²) in [7, 11) is 0. The Morgan fingerprint density at radius 1 is 1.08 bits per heavy atom. The van der Waals surface area contributed by atoms with Crippen molar-refractivity contribution in [3.05, 3.63) is 11.1 Å². The van der Waals surface area contributed by atoms with Crippen LogP contribution in [0, 0.1) is 0 Å². The van der Waals surface area contributed by atoms with Gasteiger partial charge in [0.15, 0.2) is 0 Å². The van der Waals surface area contributed by atoms with Gasteiger partial charge in [0.2, 0.25) is 0 Å². The first-order valence-electron chi connectivity index (χ1n) is 5.07. The monoisotopic (exact) mass is 169 g/mol. The van der Waals surface area contributed by atoms with E-state index in [1.165, 1.54) is 31.3 Å². The molecule has 1 heteroatoms. The molecular weight excluding hydrogens is 146 g/mol. The molecule has 0 unspecified atom stereocenters. The molecule has 72 valence electrons. The van der Waals surface area contributed by atoms with Gasteiger partial charge >= 0.3 is 0 Å². The van der Waals surface area contributed by atoms with Gasteiger partial charge in [0.25, 0.3) is 0 Å². The molecule has 0 aromatic heterocycles. The molecule has 0 aromatic carbocycles. The Morgan fingerprint density at radius 2 is 1.75 bits per heavy atom. The van der Waals surface area contributed by atoms with Crippen molar-refractivity contribution in [2.75, 3.05) is 6.54 Å². The second-order valence-electron chi connectivity index (χ2n) is 3.60. The van der Waals surface area contributed by atoms with Crippen molar-refractivity contribution in [1.82, 2.24) is 0 Å². The Hall–Kier alpha value is -0.300. The third-order valence-electron chi connectivity index (χ3n) is 2.24. The largest absolute Gasteiger partial charge is 0.330 e. The van der Waals surface area contributed by atoms with Crippen LogP contribution in [-0.2, 0) is 0 Å². The van der Waals surface area contributed by atoms with Gasteiger partial charge in [-0.05, 0) is 39.7 Å². The van der Waals surface area contributed by atoms with Crippen LogP contribution < -0.4 is 5.73 Å². The summed E-state index contributed by atoms with van der Waals surface area (Å²) in [5.41, 5.74) is 8.58. The maximum atomic E-state index is 5.54. The first kappa shape index (κ1) is 11.7. The summed E-state index contributed by atoms with van der Waals surface area (Å²) in [6.07, 6.45) is 6.33. The Labute approximate surface area is 77.0 Å². The maximum absolute atomic E-state index is 5.54. The molecule has 0 spiro atoms. The maximum Gasteiger partial charge on any atom is -0.00398 e. The molecule has 0 aliphatic heterocycles. The number of hydrogen-bond donors (Lipinski definition) is 1. The minimum absolute atomic E-state index is 0.798. The quantitative estimate of drug-likeness (QED) is 0.479. The van der Waals surface area contributed by atoms with Crippen LogP contribution in [0.2, 0.25) is 0 Å². The highest BCUT2D eigenvalue weighted by molar-refractivity contribution is 5.09.